The standard InChI is InChI=1S/C14H18N2O2/c1-15-9-5-7-11(17-3)13(15)14-12(18-4)8-6-10-16(14)2/h5-10H,1-4H3/q+2. The fourth-order valence-electron chi connectivity index (χ4n) is 2.07. The molecule has 0 aliphatic rings. The molecule has 0 N–H and O–H groups in total. The summed E-state index contributed by atoms with van der Waals surface area (Å²) < 4.78 is 14.9. The third kappa shape index (κ3) is 2.01. The number of hydrogen-bond acceptors (Lipinski definition) is 2. The molecule has 0 amide bonds. The van der Waals surface area contributed by atoms with E-state index < -0.39 is 0 Å². The molecule has 0 fully saturated rings. The molecule has 2 heterocycles. The van der Waals surface area contributed by atoms with Gasteiger partial charge >= 0.3 is 11.4 Å². The van der Waals surface area contributed by atoms with Crippen molar-refractivity contribution in [1.29, 1.82) is 0 Å². The Labute approximate surface area is 107 Å². The number of hydrogen-bond donors (Lipinski definition) is 0. The topological polar surface area (TPSA) is 26.2 Å². The smallest absolute Gasteiger partial charge is 0.323 e. The summed E-state index contributed by atoms with van der Waals surface area (Å²) in [6.07, 6.45) is 3.98. The normalized spacial score (nSPS) is 10.2. The van der Waals surface area contributed by atoms with Gasteiger partial charge in [-0.3, -0.25) is 0 Å². The largest absolute Gasteiger partial charge is 0.490 e. The molecule has 0 atom stereocenters. The molecular weight excluding hydrogens is 228 g/mol. The van der Waals surface area contributed by atoms with Gasteiger partial charge in [0.2, 0.25) is 0 Å². The van der Waals surface area contributed by atoms with Crippen LogP contribution in [-0.4, -0.2) is 14.2 Å². The van der Waals surface area contributed by atoms with Crippen LogP contribution in [0.15, 0.2) is 36.7 Å². The second-order valence-electron chi connectivity index (χ2n) is 4.07. The Morgan fingerprint density at radius 3 is 1.50 bits per heavy atom. The highest BCUT2D eigenvalue weighted by atomic mass is 16.5. The molecule has 94 valence electrons. The van der Waals surface area contributed by atoms with E-state index in [1.165, 1.54) is 0 Å². The number of nitrogens with zero attached hydrogens (tertiary/aromatic N) is 2. The van der Waals surface area contributed by atoms with Crippen molar-refractivity contribution in [3.05, 3.63) is 36.7 Å². The first-order chi connectivity index (χ1) is 8.69. The molecule has 0 unspecified atom stereocenters. The Balaban J connectivity index is 2.76. The Morgan fingerprint density at radius 1 is 0.778 bits per heavy atom. The van der Waals surface area contributed by atoms with Gasteiger partial charge in [0, 0.05) is 12.1 Å². The molecule has 0 saturated carbocycles. The lowest BCUT2D eigenvalue weighted by Gasteiger charge is -2.07. The van der Waals surface area contributed by atoms with E-state index in [2.05, 4.69) is 0 Å². The molecule has 18 heavy (non-hydrogen) atoms. The van der Waals surface area contributed by atoms with E-state index in [9.17, 15) is 0 Å². The van der Waals surface area contributed by atoms with Gasteiger partial charge in [-0.15, -0.1) is 0 Å². The van der Waals surface area contributed by atoms with Crippen molar-refractivity contribution in [3.8, 4) is 22.9 Å². The summed E-state index contributed by atoms with van der Waals surface area (Å²) in [7, 11) is 7.33. The molecule has 4 nitrogen and oxygen atoms in total. The van der Waals surface area contributed by atoms with Crippen molar-refractivity contribution in [2.45, 2.75) is 0 Å². The van der Waals surface area contributed by atoms with Gasteiger partial charge in [0.05, 0.1) is 14.2 Å². The summed E-state index contributed by atoms with van der Waals surface area (Å²) in [4.78, 5) is 0. The van der Waals surface area contributed by atoms with Gasteiger partial charge in [0.15, 0.2) is 23.9 Å². The van der Waals surface area contributed by atoms with Crippen LogP contribution in [0, 0.1) is 0 Å². The highest BCUT2D eigenvalue weighted by Gasteiger charge is 2.29. The van der Waals surface area contributed by atoms with Crippen LogP contribution in [0.25, 0.3) is 11.4 Å². The highest BCUT2D eigenvalue weighted by molar-refractivity contribution is 5.62. The van der Waals surface area contributed by atoms with E-state index in [1.54, 1.807) is 14.2 Å². The van der Waals surface area contributed by atoms with Gasteiger partial charge < -0.3 is 9.47 Å². The summed E-state index contributed by atoms with van der Waals surface area (Å²) in [6.45, 7) is 0. The van der Waals surface area contributed by atoms with Crippen LogP contribution in [0.1, 0.15) is 0 Å². The minimum absolute atomic E-state index is 0.820. The quantitative estimate of drug-likeness (QED) is 0.756. The van der Waals surface area contributed by atoms with Gasteiger partial charge in [-0.2, -0.15) is 9.13 Å². The zero-order valence-corrected chi connectivity index (χ0v) is 11.2. The summed E-state index contributed by atoms with van der Waals surface area (Å²) in [5, 5.41) is 0. The summed E-state index contributed by atoms with van der Waals surface area (Å²) in [5.41, 5.74) is 1.97. The molecule has 0 saturated heterocycles. The lowest BCUT2D eigenvalue weighted by molar-refractivity contribution is -0.690. The average molecular weight is 246 g/mol. The van der Waals surface area contributed by atoms with Crippen LogP contribution in [-0.2, 0) is 14.1 Å². The Hall–Kier alpha value is -2.10. The van der Waals surface area contributed by atoms with Crippen LogP contribution < -0.4 is 18.6 Å². The van der Waals surface area contributed by atoms with Gasteiger partial charge in [-0.05, 0) is 12.1 Å². The Morgan fingerprint density at radius 2 is 1.17 bits per heavy atom. The highest BCUT2D eigenvalue weighted by Crippen LogP contribution is 2.29. The monoisotopic (exact) mass is 246 g/mol. The van der Waals surface area contributed by atoms with Gasteiger partial charge in [0.25, 0.3) is 0 Å². The summed E-state index contributed by atoms with van der Waals surface area (Å²) in [6, 6.07) is 7.80. The van der Waals surface area contributed by atoms with Crippen molar-refractivity contribution in [3.63, 3.8) is 0 Å². The molecular formula is C14H18N2O2+2. The molecule has 0 aliphatic heterocycles. The van der Waals surface area contributed by atoms with Gasteiger partial charge in [-0.1, -0.05) is 0 Å². The molecule has 0 spiro atoms. The van der Waals surface area contributed by atoms with Crippen molar-refractivity contribution in [1.82, 2.24) is 0 Å². The lowest BCUT2D eigenvalue weighted by atomic mass is 10.2. The zero-order valence-electron chi connectivity index (χ0n) is 11.2. The van der Waals surface area contributed by atoms with Crippen LogP contribution in [0.4, 0.5) is 0 Å². The molecule has 0 aliphatic carbocycles. The first-order valence-corrected chi connectivity index (χ1v) is 5.74. The minimum Gasteiger partial charge on any atom is -0.490 e. The predicted molar refractivity (Wildman–Crippen MR) is 67.3 cm³/mol. The molecule has 2 aromatic heterocycles. The van der Waals surface area contributed by atoms with Crippen molar-refractivity contribution in [2.24, 2.45) is 14.1 Å². The van der Waals surface area contributed by atoms with Crippen molar-refractivity contribution < 1.29 is 18.6 Å². The van der Waals surface area contributed by atoms with E-state index in [0.717, 1.165) is 22.9 Å². The first kappa shape index (κ1) is 12.4. The van der Waals surface area contributed by atoms with Crippen molar-refractivity contribution >= 4 is 0 Å². The summed E-state index contributed by atoms with van der Waals surface area (Å²) >= 11 is 0. The number of aryl methyl sites for hydroxylation is 2. The second kappa shape index (κ2) is 5.04. The van der Waals surface area contributed by atoms with Crippen LogP contribution in [0.5, 0.6) is 11.5 Å². The van der Waals surface area contributed by atoms with Crippen molar-refractivity contribution in [2.75, 3.05) is 14.2 Å². The van der Waals surface area contributed by atoms with E-state index in [0.29, 0.717) is 0 Å². The fraction of sp³-hybridized carbons (Fsp3) is 0.286. The van der Waals surface area contributed by atoms with Gasteiger partial charge in [0.1, 0.15) is 14.1 Å². The maximum atomic E-state index is 5.45. The predicted octanol–water partition coefficient (Wildman–Crippen LogP) is 1.02. The fourth-order valence-corrected chi connectivity index (χ4v) is 2.07. The molecule has 0 bridgehead atoms. The maximum absolute atomic E-state index is 5.45. The molecule has 2 rings (SSSR count). The second-order valence-corrected chi connectivity index (χ2v) is 4.07. The van der Waals surface area contributed by atoms with Gasteiger partial charge in [-0.25, -0.2) is 0 Å². The number of pyridine rings is 2. The molecule has 0 aromatic carbocycles. The third-order valence-corrected chi connectivity index (χ3v) is 2.95. The molecule has 4 heteroatoms. The zero-order chi connectivity index (χ0) is 13.1. The van der Waals surface area contributed by atoms with E-state index >= 15 is 0 Å². The molecule has 0 radical (unpaired) electrons. The minimum atomic E-state index is 0.820. The lowest BCUT2D eigenvalue weighted by Crippen LogP contribution is -2.38. The van der Waals surface area contributed by atoms with E-state index in [-0.39, 0.29) is 0 Å². The number of ether oxygens (including phenoxy) is 2. The SMILES string of the molecule is COc1ccc[n+](C)c1-c1c(OC)ccc[n+]1C. The Kier molecular flexibility index (Phi) is 3.46. The summed E-state index contributed by atoms with van der Waals surface area (Å²) in [5.74, 6) is 1.64. The van der Waals surface area contributed by atoms with Crippen LogP contribution in [0.3, 0.4) is 0 Å². The maximum Gasteiger partial charge on any atom is 0.323 e. The van der Waals surface area contributed by atoms with E-state index in [1.807, 2.05) is 59.9 Å². The average Bonchev–Trinajstić information content (AvgIpc) is 2.38. The number of methoxy groups -OCH3 is 2. The molecule has 2 aromatic rings. The third-order valence-electron chi connectivity index (χ3n) is 2.95. The number of aromatic nitrogens is 2. The van der Waals surface area contributed by atoms with Crippen LogP contribution in [0.2, 0.25) is 0 Å². The number of rotatable bonds is 3. The Bertz CT molecular complexity index is 516. The van der Waals surface area contributed by atoms with Crippen LogP contribution >= 0.6 is 0 Å². The first-order valence-electron chi connectivity index (χ1n) is 5.74. The van der Waals surface area contributed by atoms with E-state index in [4.69, 9.17) is 9.47 Å².